The van der Waals surface area contributed by atoms with Gasteiger partial charge in [-0.1, -0.05) is 0 Å². The molecule has 6 heteroatoms. The van der Waals surface area contributed by atoms with Gasteiger partial charge in [0.15, 0.2) is 5.60 Å². The van der Waals surface area contributed by atoms with Crippen LogP contribution in [-0.4, -0.2) is 34.7 Å². The summed E-state index contributed by atoms with van der Waals surface area (Å²) in [7, 11) is 0. The summed E-state index contributed by atoms with van der Waals surface area (Å²) in [6, 6.07) is 3.27. The van der Waals surface area contributed by atoms with E-state index in [2.05, 4.69) is 5.32 Å². The summed E-state index contributed by atoms with van der Waals surface area (Å²) in [5.74, 6) is -0.513. The highest BCUT2D eigenvalue weighted by molar-refractivity contribution is 7.99. The SMILES string of the molecule is O=C(NCCc1cc(F)cc(F)c1)C1(O)CCSC1. The van der Waals surface area contributed by atoms with Crippen molar-refractivity contribution in [3.8, 4) is 0 Å². The molecule has 1 heterocycles. The molecule has 1 aliphatic heterocycles. The Kier molecular flexibility index (Phi) is 4.42. The number of thioether (sulfide) groups is 1. The Labute approximate surface area is 114 Å². The Hall–Kier alpha value is -1.14. The molecule has 0 spiro atoms. The van der Waals surface area contributed by atoms with Crippen LogP contribution >= 0.6 is 11.8 Å². The van der Waals surface area contributed by atoms with Gasteiger partial charge in [0, 0.05) is 18.4 Å². The van der Waals surface area contributed by atoms with Crippen LogP contribution in [0.4, 0.5) is 8.78 Å². The molecular formula is C13H15F2NO2S. The smallest absolute Gasteiger partial charge is 0.252 e. The number of hydrogen-bond donors (Lipinski definition) is 2. The summed E-state index contributed by atoms with van der Waals surface area (Å²) in [6.45, 7) is 0.245. The lowest BCUT2D eigenvalue weighted by Crippen LogP contribution is -2.47. The van der Waals surface area contributed by atoms with Crippen molar-refractivity contribution in [2.45, 2.75) is 18.4 Å². The lowest BCUT2D eigenvalue weighted by atomic mass is 10.0. The molecule has 0 aliphatic carbocycles. The van der Waals surface area contributed by atoms with E-state index < -0.39 is 23.1 Å². The summed E-state index contributed by atoms with van der Waals surface area (Å²) in [4.78, 5) is 11.8. The van der Waals surface area contributed by atoms with Crippen molar-refractivity contribution in [1.82, 2.24) is 5.32 Å². The molecule has 0 radical (unpaired) electrons. The van der Waals surface area contributed by atoms with E-state index in [0.29, 0.717) is 24.2 Å². The number of carbonyl (C=O) groups excluding carboxylic acids is 1. The fourth-order valence-corrected chi connectivity index (χ4v) is 3.21. The number of rotatable bonds is 4. The number of amides is 1. The second-order valence-electron chi connectivity index (χ2n) is 4.62. The van der Waals surface area contributed by atoms with Crippen molar-refractivity contribution in [2.24, 2.45) is 0 Å². The van der Waals surface area contributed by atoms with Crippen LogP contribution in [0.1, 0.15) is 12.0 Å². The molecule has 0 saturated carbocycles. The van der Waals surface area contributed by atoms with E-state index in [9.17, 15) is 18.7 Å². The summed E-state index contributed by atoms with van der Waals surface area (Å²) >= 11 is 1.53. The first kappa shape index (κ1) is 14.3. The standard InChI is InChI=1S/C13H15F2NO2S/c14-10-5-9(6-11(15)7-10)1-3-16-12(17)13(18)2-4-19-8-13/h5-7,18H,1-4,8H2,(H,16,17). The maximum atomic E-state index is 13.0. The second kappa shape index (κ2) is 5.88. The topological polar surface area (TPSA) is 49.3 Å². The van der Waals surface area contributed by atoms with Crippen molar-refractivity contribution in [3.63, 3.8) is 0 Å². The number of aliphatic hydroxyl groups is 1. The Bertz CT molecular complexity index is 455. The minimum Gasteiger partial charge on any atom is -0.379 e. The van der Waals surface area contributed by atoms with Crippen LogP contribution in [0.25, 0.3) is 0 Å². The molecule has 19 heavy (non-hydrogen) atoms. The van der Waals surface area contributed by atoms with Gasteiger partial charge in [-0.3, -0.25) is 4.79 Å². The second-order valence-corrected chi connectivity index (χ2v) is 5.72. The molecule has 1 unspecified atom stereocenters. The zero-order valence-corrected chi connectivity index (χ0v) is 11.1. The predicted octanol–water partition coefficient (Wildman–Crippen LogP) is 1.49. The van der Waals surface area contributed by atoms with E-state index >= 15 is 0 Å². The summed E-state index contributed by atoms with van der Waals surface area (Å²) in [6.07, 6.45) is 0.766. The van der Waals surface area contributed by atoms with Gasteiger partial charge < -0.3 is 10.4 Å². The van der Waals surface area contributed by atoms with Crippen LogP contribution in [0.5, 0.6) is 0 Å². The summed E-state index contributed by atoms with van der Waals surface area (Å²) < 4.78 is 25.9. The monoisotopic (exact) mass is 287 g/mol. The Morgan fingerprint density at radius 2 is 2.05 bits per heavy atom. The molecule has 1 atom stereocenters. The maximum absolute atomic E-state index is 13.0. The molecule has 2 rings (SSSR count). The average Bonchev–Trinajstić information content (AvgIpc) is 2.76. The maximum Gasteiger partial charge on any atom is 0.252 e. The quantitative estimate of drug-likeness (QED) is 0.882. The lowest BCUT2D eigenvalue weighted by Gasteiger charge is -2.20. The molecule has 0 aromatic heterocycles. The Morgan fingerprint density at radius 3 is 2.63 bits per heavy atom. The molecule has 1 saturated heterocycles. The van der Waals surface area contributed by atoms with Crippen molar-refractivity contribution >= 4 is 17.7 Å². The van der Waals surface area contributed by atoms with Gasteiger partial charge in [0.1, 0.15) is 11.6 Å². The molecule has 104 valence electrons. The average molecular weight is 287 g/mol. The fourth-order valence-electron chi connectivity index (χ4n) is 1.97. The van der Waals surface area contributed by atoms with E-state index in [0.717, 1.165) is 11.8 Å². The van der Waals surface area contributed by atoms with Crippen LogP contribution < -0.4 is 5.32 Å². The molecule has 1 aliphatic rings. The zero-order chi connectivity index (χ0) is 13.9. The number of benzene rings is 1. The highest BCUT2D eigenvalue weighted by Crippen LogP contribution is 2.27. The van der Waals surface area contributed by atoms with Crippen LogP contribution in [0.15, 0.2) is 18.2 Å². The highest BCUT2D eigenvalue weighted by Gasteiger charge is 2.39. The first-order valence-corrected chi connectivity index (χ1v) is 7.18. The molecule has 3 nitrogen and oxygen atoms in total. The van der Waals surface area contributed by atoms with E-state index in [-0.39, 0.29) is 6.54 Å². The number of carbonyl (C=O) groups is 1. The number of halogens is 2. The fraction of sp³-hybridized carbons (Fsp3) is 0.462. The van der Waals surface area contributed by atoms with Crippen molar-refractivity contribution in [3.05, 3.63) is 35.4 Å². The van der Waals surface area contributed by atoms with E-state index in [1.165, 1.54) is 23.9 Å². The largest absolute Gasteiger partial charge is 0.379 e. The zero-order valence-electron chi connectivity index (χ0n) is 10.3. The van der Waals surface area contributed by atoms with Gasteiger partial charge >= 0.3 is 0 Å². The number of hydrogen-bond acceptors (Lipinski definition) is 3. The summed E-state index contributed by atoms with van der Waals surface area (Å²) in [5, 5.41) is 12.6. The third-order valence-electron chi connectivity index (χ3n) is 3.05. The molecule has 0 bridgehead atoms. The van der Waals surface area contributed by atoms with Crippen LogP contribution in [-0.2, 0) is 11.2 Å². The molecular weight excluding hydrogens is 272 g/mol. The van der Waals surface area contributed by atoms with Gasteiger partial charge in [-0.25, -0.2) is 8.78 Å². The van der Waals surface area contributed by atoms with E-state index in [1.807, 2.05) is 0 Å². The van der Waals surface area contributed by atoms with Crippen LogP contribution in [0, 0.1) is 11.6 Å². The first-order chi connectivity index (χ1) is 8.99. The van der Waals surface area contributed by atoms with Gasteiger partial charge in [-0.05, 0) is 36.3 Å². The van der Waals surface area contributed by atoms with Crippen molar-refractivity contribution < 1.29 is 18.7 Å². The Balaban J connectivity index is 1.84. The predicted molar refractivity (Wildman–Crippen MR) is 70.0 cm³/mol. The molecule has 1 amide bonds. The Morgan fingerprint density at radius 1 is 1.37 bits per heavy atom. The van der Waals surface area contributed by atoms with E-state index in [4.69, 9.17) is 0 Å². The number of nitrogens with one attached hydrogen (secondary N) is 1. The van der Waals surface area contributed by atoms with Crippen molar-refractivity contribution in [1.29, 1.82) is 0 Å². The van der Waals surface area contributed by atoms with Gasteiger partial charge in [0.25, 0.3) is 5.91 Å². The van der Waals surface area contributed by atoms with Gasteiger partial charge in [0.05, 0.1) is 0 Å². The van der Waals surface area contributed by atoms with E-state index in [1.54, 1.807) is 0 Å². The lowest BCUT2D eigenvalue weighted by molar-refractivity contribution is -0.137. The molecule has 1 aromatic carbocycles. The van der Waals surface area contributed by atoms with Crippen LogP contribution in [0.3, 0.4) is 0 Å². The molecule has 1 fully saturated rings. The molecule has 2 N–H and O–H groups in total. The highest BCUT2D eigenvalue weighted by atomic mass is 32.2. The van der Waals surface area contributed by atoms with Gasteiger partial charge in [-0.15, -0.1) is 0 Å². The van der Waals surface area contributed by atoms with Gasteiger partial charge in [0.2, 0.25) is 0 Å². The van der Waals surface area contributed by atoms with Gasteiger partial charge in [-0.2, -0.15) is 11.8 Å². The third-order valence-corrected chi connectivity index (χ3v) is 4.22. The summed E-state index contributed by atoms with van der Waals surface area (Å²) in [5.41, 5.74) is -0.816. The van der Waals surface area contributed by atoms with Crippen molar-refractivity contribution in [2.75, 3.05) is 18.1 Å². The normalized spacial score (nSPS) is 22.5. The minimum atomic E-state index is -1.29. The third kappa shape index (κ3) is 3.67. The first-order valence-electron chi connectivity index (χ1n) is 6.03. The minimum absolute atomic E-state index is 0.245. The molecule has 1 aromatic rings. The van der Waals surface area contributed by atoms with Crippen LogP contribution in [0.2, 0.25) is 0 Å².